The molecule has 1 saturated heterocycles. The molecule has 0 radical (unpaired) electrons. The predicted octanol–water partition coefficient (Wildman–Crippen LogP) is 1.04. The zero-order chi connectivity index (χ0) is 18.2. The van der Waals surface area contributed by atoms with E-state index in [0.717, 1.165) is 5.56 Å². The summed E-state index contributed by atoms with van der Waals surface area (Å²) in [5.74, 6) is -0.398. The molecule has 1 heterocycles. The second-order valence-electron chi connectivity index (χ2n) is 6.30. The predicted molar refractivity (Wildman–Crippen MR) is 92.0 cm³/mol. The quantitative estimate of drug-likeness (QED) is 0.769. The van der Waals surface area contributed by atoms with Crippen molar-refractivity contribution in [3.8, 4) is 0 Å². The van der Waals surface area contributed by atoms with Crippen LogP contribution in [0.25, 0.3) is 0 Å². The van der Waals surface area contributed by atoms with Crippen molar-refractivity contribution >= 4 is 11.8 Å². The van der Waals surface area contributed by atoms with Crippen molar-refractivity contribution < 1.29 is 18.7 Å². The number of carbonyl (C=O) groups excluding carboxylic acids is 2. The van der Waals surface area contributed by atoms with Crippen LogP contribution in [0.2, 0.25) is 0 Å². The molecule has 0 aliphatic carbocycles. The maximum Gasteiger partial charge on any atom is 0.225 e. The molecule has 1 unspecified atom stereocenters. The Kier molecular flexibility index (Phi) is 7.33. The van der Waals surface area contributed by atoms with Crippen molar-refractivity contribution in [2.45, 2.75) is 31.9 Å². The zero-order valence-corrected chi connectivity index (χ0v) is 14.5. The number of nitrogens with one attached hydrogen (secondary N) is 1. The summed E-state index contributed by atoms with van der Waals surface area (Å²) in [5.41, 5.74) is 6.40. The number of likely N-dealkylation sites (tertiary alicyclic amines) is 1. The number of nitrogens with zero attached hydrogens (tertiary/aromatic N) is 1. The first-order chi connectivity index (χ1) is 12.0. The first-order valence-corrected chi connectivity index (χ1v) is 8.56. The van der Waals surface area contributed by atoms with E-state index >= 15 is 0 Å². The Morgan fingerprint density at radius 1 is 1.32 bits per heavy atom. The summed E-state index contributed by atoms with van der Waals surface area (Å²) >= 11 is 0. The Morgan fingerprint density at radius 2 is 1.96 bits per heavy atom. The third-order valence-corrected chi connectivity index (χ3v) is 4.60. The van der Waals surface area contributed by atoms with Gasteiger partial charge in [0, 0.05) is 39.2 Å². The van der Waals surface area contributed by atoms with Gasteiger partial charge in [-0.15, -0.1) is 0 Å². The Bertz CT molecular complexity index is 567. The lowest BCUT2D eigenvalue weighted by atomic mass is 9.95. The van der Waals surface area contributed by atoms with E-state index in [4.69, 9.17) is 10.5 Å². The van der Waals surface area contributed by atoms with Crippen LogP contribution in [0.15, 0.2) is 24.3 Å². The number of nitrogens with two attached hydrogens (primary N) is 1. The number of ether oxygens (including phenoxy) is 1. The van der Waals surface area contributed by atoms with E-state index in [1.54, 1.807) is 24.1 Å². The van der Waals surface area contributed by atoms with Gasteiger partial charge >= 0.3 is 0 Å². The summed E-state index contributed by atoms with van der Waals surface area (Å²) in [7, 11) is 1.54. The fourth-order valence-electron chi connectivity index (χ4n) is 2.91. The molecule has 6 nitrogen and oxygen atoms in total. The Morgan fingerprint density at radius 3 is 2.52 bits per heavy atom. The van der Waals surface area contributed by atoms with Crippen LogP contribution < -0.4 is 11.1 Å². The molecule has 1 aromatic rings. The highest BCUT2D eigenvalue weighted by Gasteiger charge is 2.28. The van der Waals surface area contributed by atoms with Crippen LogP contribution in [0.4, 0.5) is 4.39 Å². The fraction of sp³-hybridized carbons (Fsp3) is 0.556. The highest BCUT2D eigenvalue weighted by atomic mass is 19.1. The summed E-state index contributed by atoms with van der Waals surface area (Å²) in [6, 6.07) is 6.06. The summed E-state index contributed by atoms with van der Waals surface area (Å²) in [5, 5.41) is 2.88. The van der Waals surface area contributed by atoms with E-state index in [1.807, 2.05) is 0 Å². The molecule has 1 fully saturated rings. The molecule has 138 valence electrons. The molecular weight excluding hydrogens is 325 g/mol. The first kappa shape index (κ1) is 19.3. The van der Waals surface area contributed by atoms with Gasteiger partial charge in [0.25, 0.3) is 0 Å². The number of hydrogen-bond acceptors (Lipinski definition) is 4. The van der Waals surface area contributed by atoms with Crippen molar-refractivity contribution in [3.63, 3.8) is 0 Å². The van der Waals surface area contributed by atoms with E-state index in [2.05, 4.69) is 5.32 Å². The molecule has 1 aromatic carbocycles. The van der Waals surface area contributed by atoms with Crippen LogP contribution in [-0.2, 0) is 20.9 Å². The second kappa shape index (κ2) is 9.48. The van der Waals surface area contributed by atoms with Gasteiger partial charge in [-0.2, -0.15) is 0 Å². The van der Waals surface area contributed by atoms with Gasteiger partial charge in [0.2, 0.25) is 11.8 Å². The maximum absolute atomic E-state index is 12.9. The average molecular weight is 351 g/mol. The normalized spacial score (nSPS) is 16.5. The summed E-state index contributed by atoms with van der Waals surface area (Å²) in [4.78, 5) is 26.2. The van der Waals surface area contributed by atoms with E-state index in [9.17, 15) is 14.0 Å². The number of piperidine rings is 1. The van der Waals surface area contributed by atoms with Crippen LogP contribution in [0.5, 0.6) is 0 Å². The summed E-state index contributed by atoms with van der Waals surface area (Å²) in [6.45, 7) is 1.82. The number of methoxy groups -OCH3 is 1. The molecule has 1 atom stereocenters. The van der Waals surface area contributed by atoms with Gasteiger partial charge < -0.3 is 20.7 Å². The van der Waals surface area contributed by atoms with Gasteiger partial charge in [0.1, 0.15) is 5.82 Å². The molecule has 1 aliphatic heterocycles. The van der Waals surface area contributed by atoms with Crippen molar-refractivity contribution in [2.24, 2.45) is 11.7 Å². The van der Waals surface area contributed by atoms with Gasteiger partial charge in [0.05, 0.1) is 12.5 Å². The minimum absolute atomic E-state index is 0.0162. The molecule has 1 aliphatic rings. The molecule has 7 heteroatoms. The van der Waals surface area contributed by atoms with E-state index in [-0.39, 0.29) is 36.1 Å². The highest BCUT2D eigenvalue weighted by Crippen LogP contribution is 2.19. The number of carbonyl (C=O) groups is 2. The van der Waals surface area contributed by atoms with Crippen LogP contribution >= 0.6 is 0 Å². The third kappa shape index (κ3) is 5.79. The van der Waals surface area contributed by atoms with Crippen LogP contribution in [-0.4, -0.2) is 49.6 Å². The number of hydrogen-bond donors (Lipinski definition) is 2. The van der Waals surface area contributed by atoms with E-state index in [1.165, 1.54) is 12.1 Å². The molecule has 0 bridgehead atoms. The van der Waals surface area contributed by atoms with Gasteiger partial charge in [-0.3, -0.25) is 9.59 Å². The first-order valence-electron chi connectivity index (χ1n) is 8.56. The lowest BCUT2D eigenvalue weighted by molar-refractivity contribution is -0.137. The van der Waals surface area contributed by atoms with Crippen molar-refractivity contribution in [3.05, 3.63) is 35.6 Å². The molecule has 3 N–H and O–H groups in total. The largest absolute Gasteiger partial charge is 0.380 e. The smallest absolute Gasteiger partial charge is 0.225 e. The molecular formula is C18H26FN3O3. The standard InChI is InChI=1S/C18H26FN3O3/c1-25-16(11-20)10-17(23)22-8-6-14(7-9-22)18(24)21-12-13-2-4-15(19)5-3-13/h2-5,14,16H,6-12,20H2,1H3,(H,21,24). The Labute approximate surface area is 147 Å². The molecule has 0 spiro atoms. The average Bonchev–Trinajstić information content (AvgIpc) is 2.65. The fourth-order valence-corrected chi connectivity index (χ4v) is 2.91. The molecule has 25 heavy (non-hydrogen) atoms. The van der Waals surface area contributed by atoms with Crippen LogP contribution in [0.1, 0.15) is 24.8 Å². The molecule has 0 saturated carbocycles. The molecule has 2 amide bonds. The zero-order valence-electron chi connectivity index (χ0n) is 14.5. The van der Waals surface area contributed by atoms with Gasteiger partial charge in [0.15, 0.2) is 0 Å². The van der Waals surface area contributed by atoms with E-state index < -0.39 is 0 Å². The van der Waals surface area contributed by atoms with Crippen LogP contribution in [0, 0.1) is 11.7 Å². The topological polar surface area (TPSA) is 84.7 Å². The minimum atomic E-state index is -0.294. The van der Waals surface area contributed by atoms with Crippen molar-refractivity contribution in [1.29, 1.82) is 0 Å². The Balaban J connectivity index is 1.74. The number of benzene rings is 1. The Hall–Kier alpha value is -1.99. The van der Waals surface area contributed by atoms with Crippen LogP contribution in [0.3, 0.4) is 0 Å². The SMILES string of the molecule is COC(CN)CC(=O)N1CCC(C(=O)NCc2ccc(F)cc2)CC1. The van der Waals surface area contributed by atoms with Crippen molar-refractivity contribution in [1.82, 2.24) is 10.2 Å². The van der Waals surface area contributed by atoms with Gasteiger partial charge in [-0.25, -0.2) is 4.39 Å². The maximum atomic E-state index is 12.9. The number of halogens is 1. The summed E-state index contributed by atoms with van der Waals surface area (Å²) < 4.78 is 18.0. The third-order valence-electron chi connectivity index (χ3n) is 4.60. The molecule has 0 aromatic heterocycles. The van der Waals surface area contributed by atoms with Crippen molar-refractivity contribution in [2.75, 3.05) is 26.7 Å². The lowest BCUT2D eigenvalue weighted by Gasteiger charge is -2.32. The number of amides is 2. The summed E-state index contributed by atoms with van der Waals surface area (Å²) in [6.07, 6.45) is 1.29. The minimum Gasteiger partial charge on any atom is -0.380 e. The number of rotatable bonds is 7. The molecule has 2 rings (SSSR count). The lowest BCUT2D eigenvalue weighted by Crippen LogP contribution is -2.44. The highest BCUT2D eigenvalue weighted by molar-refractivity contribution is 5.80. The van der Waals surface area contributed by atoms with Gasteiger partial charge in [-0.05, 0) is 30.5 Å². The second-order valence-corrected chi connectivity index (χ2v) is 6.30. The monoisotopic (exact) mass is 351 g/mol. The van der Waals surface area contributed by atoms with E-state index in [0.29, 0.717) is 39.0 Å². The van der Waals surface area contributed by atoms with Gasteiger partial charge in [-0.1, -0.05) is 12.1 Å².